The molecule has 0 aromatic heterocycles. The number of aliphatic carboxylic acids is 1. The van der Waals surface area contributed by atoms with Gasteiger partial charge in [-0.2, -0.15) is 0 Å². The van der Waals surface area contributed by atoms with Crippen LogP contribution in [0.5, 0.6) is 23.0 Å². The van der Waals surface area contributed by atoms with E-state index in [4.69, 9.17) is 34.5 Å². The summed E-state index contributed by atoms with van der Waals surface area (Å²) in [5.41, 5.74) is 14.9. The average molecular weight is 1660 g/mol. The second-order valence-electron chi connectivity index (χ2n) is 32.0. The SMILES string of the molecule is CCOC(=O)[C@@H]1CC1Cc1ccccc1.CN1C(=O)[C@@H](N)COc2ccccc21.CN1C(=O)[C@@H](NC(=O)C2C[C@@H]2Cc2ccccc2)COc2ccccc21.CN1C(=O)[C@@H](NC(=O)C2C[C@H]2Cc2ccccc2)COc2ccccc21.CN1C(=O)[C@@H](NC(=O)C2C[C@H]2Cc2ccccc2)COc2ccccc21.Cl.O=C(O)[C@@H]1CC1Cc1ccccc1. The van der Waals surface area contributed by atoms with Gasteiger partial charge in [-0.05, 0) is 177 Å². The van der Waals surface area contributed by atoms with Gasteiger partial charge >= 0.3 is 11.9 Å². The van der Waals surface area contributed by atoms with Gasteiger partial charge in [0.2, 0.25) is 23.6 Å². The molecule has 121 heavy (non-hydrogen) atoms. The second kappa shape index (κ2) is 41.6. The van der Waals surface area contributed by atoms with E-state index >= 15 is 0 Å². The summed E-state index contributed by atoms with van der Waals surface area (Å²) in [4.78, 5) is 116. The fraction of sp³-hybridized carbons (Fsp3) is 0.351. The molecule has 6 N–H and O–H groups in total. The van der Waals surface area contributed by atoms with Crippen LogP contribution in [0.2, 0.25) is 0 Å². The molecule has 4 heterocycles. The minimum absolute atomic E-state index is 0. The predicted octanol–water partition coefficient (Wildman–Crippen LogP) is 12.4. The van der Waals surface area contributed by atoms with Gasteiger partial charge in [-0.15, -0.1) is 12.4 Å². The van der Waals surface area contributed by atoms with E-state index in [-0.39, 0.29) is 116 Å². The van der Waals surface area contributed by atoms with Crippen LogP contribution in [-0.2, 0) is 80.0 Å². The summed E-state index contributed by atoms with van der Waals surface area (Å²) in [7, 11) is 6.84. The van der Waals surface area contributed by atoms with Crippen molar-refractivity contribution >= 4 is 88.4 Å². The molecule has 0 radical (unpaired) electrons. The average Bonchev–Trinajstić information content (AvgIpc) is 1.65. The first kappa shape index (κ1) is 88.0. The Morgan fingerprint density at radius 1 is 0.347 bits per heavy atom. The lowest BCUT2D eigenvalue weighted by molar-refractivity contribution is -0.145. The smallest absolute Gasteiger partial charge is 0.309 e. The molecular weight excluding hydrogens is 1550 g/mol. The highest BCUT2D eigenvalue weighted by atomic mass is 35.5. The summed E-state index contributed by atoms with van der Waals surface area (Å²) in [6, 6.07) is 78.1. The Kier molecular flexibility index (Phi) is 30.2. The van der Waals surface area contributed by atoms with Crippen molar-refractivity contribution in [1.82, 2.24) is 16.0 Å². The molecule has 5 saturated carbocycles. The number of anilines is 4. The van der Waals surface area contributed by atoms with Crippen LogP contribution in [0, 0.1) is 59.2 Å². The van der Waals surface area contributed by atoms with Gasteiger partial charge in [0.15, 0.2) is 0 Å². The Balaban J connectivity index is 0.000000136. The number of halogens is 1. The van der Waals surface area contributed by atoms with E-state index in [0.29, 0.717) is 59.2 Å². The summed E-state index contributed by atoms with van der Waals surface area (Å²) in [5.74, 6) is 3.30. The van der Waals surface area contributed by atoms with E-state index in [1.165, 1.54) is 32.7 Å². The maximum absolute atomic E-state index is 12.7. The van der Waals surface area contributed by atoms with Gasteiger partial charge in [0.1, 0.15) is 73.6 Å². The second-order valence-corrected chi connectivity index (χ2v) is 32.0. The fourth-order valence-electron chi connectivity index (χ4n) is 15.7. The van der Waals surface area contributed by atoms with Crippen LogP contribution in [0.3, 0.4) is 0 Å². The van der Waals surface area contributed by atoms with Crippen molar-refractivity contribution < 1.29 is 71.9 Å². The standard InChI is InChI=1S/3C21H22N2O3.C13H16O2.C11H12O2.C10H12N2O2.ClH/c3*1-23-18-9-5-6-10-19(18)26-13-17(21(23)25)22-20(24)16-12-15(16)11-14-7-3-2-4-8-14;1-2-15-13(14)12-9-11(12)8-10-6-4-3-5-7-10;12-11(13)10-7-9(10)6-8-4-2-1-3-5-8;1-12-8-4-2-3-5-9(8)14-6-7(11)10(12)13;/h3*2-10,15-17H,11-13H2,1H3,(H,22,24);3-7,11-12H,2,8-9H2,1H3;1-5,9-10H,6-7H2,(H,12,13);2-5,7H,6,11H2,1H3;1H/t2*15-,16?,17+;15-,16?,17-;11?,12-;9?,10-;7-;/m110110./s1. The molecule has 632 valence electrons. The number of carbonyl (C=O) groups is 9. The predicted molar refractivity (Wildman–Crippen MR) is 465 cm³/mol. The van der Waals surface area contributed by atoms with E-state index in [9.17, 15) is 43.2 Å². The summed E-state index contributed by atoms with van der Waals surface area (Å²) < 4.78 is 27.7. The zero-order valence-corrected chi connectivity index (χ0v) is 69.6. The number of carbonyl (C=O) groups excluding carboxylic acids is 8. The Morgan fingerprint density at radius 2 is 0.579 bits per heavy atom. The molecule has 9 aliphatic rings. The number of rotatable bonds is 19. The highest BCUT2D eigenvalue weighted by Crippen LogP contribution is 2.46. The number of amides is 7. The highest BCUT2D eigenvalue weighted by Gasteiger charge is 2.48. The number of carboxylic acids is 1. The van der Waals surface area contributed by atoms with Crippen molar-refractivity contribution in [2.75, 3.05) is 80.8 Å². The number of nitrogens with zero attached hydrogens (tertiary/aromatic N) is 4. The van der Waals surface area contributed by atoms with Crippen molar-refractivity contribution in [1.29, 1.82) is 0 Å². The summed E-state index contributed by atoms with van der Waals surface area (Å²) >= 11 is 0. The number of fused-ring (bicyclic) bond motifs is 4. The normalized spacial score (nSPS) is 23.8. The Bertz CT molecular complexity index is 4710. The number of nitrogens with one attached hydrogen (secondary N) is 3. The molecule has 9 aromatic rings. The summed E-state index contributed by atoms with van der Waals surface area (Å²) in [6.45, 7) is 3.05. The van der Waals surface area contributed by atoms with E-state index < -0.39 is 30.1 Å². The van der Waals surface area contributed by atoms with Crippen LogP contribution in [0.1, 0.15) is 66.8 Å². The molecule has 9 aromatic carbocycles. The number of para-hydroxylation sites is 8. The van der Waals surface area contributed by atoms with Crippen molar-refractivity contribution in [3.63, 3.8) is 0 Å². The largest absolute Gasteiger partial charge is 0.489 e. The van der Waals surface area contributed by atoms with Crippen LogP contribution in [0.25, 0.3) is 0 Å². The van der Waals surface area contributed by atoms with Gasteiger partial charge in [-0.1, -0.05) is 200 Å². The van der Waals surface area contributed by atoms with Gasteiger partial charge in [-0.3, -0.25) is 43.2 Å². The molecule has 18 rings (SSSR count). The molecular formula is C97H107ClN8O15. The first-order chi connectivity index (χ1) is 58.2. The third-order valence-electron chi connectivity index (χ3n) is 23.3. The lowest BCUT2D eigenvalue weighted by Gasteiger charge is -2.20. The number of ether oxygens (including phenoxy) is 5. The molecule has 7 amide bonds. The number of likely N-dealkylation sites (N-methyl/N-ethyl adjacent to an activating group) is 4. The van der Waals surface area contributed by atoms with Gasteiger partial charge in [-0.25, -0.2) is 0 Å². The molecule has 24 heteroatoms. The van der Waals surface area contributed by atoms with Crippen molar-refractivity contribution in [2.45, 2.75) is 95.3 Å². The van der Waals surface area contributed by atoms with Gasteiger partial charge in [0, 0.05) is 45.9 Å². The molecule has 4 aliphatic heterocycles. The Labute approximate surface area is 713 Å². The minimum Gasteiger partial charge on any atom is -0.489 e. The van der Waals surface area contributed by atoms with Crippen molar-refractivity contribution in [3.8, 4) is 23.0 Å². The Hall–Kier alpha value is -12.3. The van der Waals surface area contributed by atoms with Crippen LogP contribution in [0.15, 0.2) is 249 Å². The van der Waals surface area contributed by atoms with E-state index in [2.05, 4.69) is 76.6 Å². The van der Waals surface area contributed by atoms with Crippen molar-refractivity contribution in [2.24, 2.45) is 64.9 Å². The van der Waals surface area contributed by atoms with Crippen LogP contribution >= 0.6 is 12.4 Å². The molecule has 0 bridgehead atoms. The third-order valence-corrected chi connectivity index (χ3v) is 23.3. The summed E-state index contributed by atoms with van der Waals surface area (Å²) in [6.07, 6.45) is 9.09. The highest BCUT2D eigenvalue weighted by molar-refractivity contribution is 6.03. The maximum atomic E-state index is 12.7. The van der Waals surface area contributed by atoms with Gasteiger partial charge in [0.25, 0.3) is 17.7 Å². The lowest BCUT2D eigenvalue weighted by atomic mass is 10.1. The number of nitrogens with two attached hydrogens (primary N) is 1. The maximum Gasteiger partial charge on any atom is 0.309 e. The molecule has 5 unspecified atom stereocenters. The molecule has 23 nitrogen and oxygen atoms in total. The first-order valence-corrected chi connectivity index (χ1v) is 41.4. The molecule has 14 atom stereocenters. The lowest BCUT2D eigenvalue weighted by Crippen LogP contribution is -2.50. The van der Waals surface area contributed by atoms with Crippen LogP contribution in [-0.4, -0.2) is 144 Å². The van der Waals surface area contributed by atoms with E-state index in [1.807, 2.05) is 195 Å². The fourth-order valence-corrected chi connectivity index (χ4v) is 15.7. The third kappa shape index (κ3) is 23.8. The number of benzene rings is 9. The Morgan fingerprint density at radius 3 is 0.851 bits per heavy atom. The minimum atomic E-state index is -0.655. The molecule has 0 spiro atoms. The zero-order chi connectivity index (χ0) is 84.3. The summed E-state index contributed by atoms with van der Waals surface area (Å²) in [5, 5.41) is 17.4. The quantitative estimate of drug-likeness (QED) is 0.0470. The van der Waals surface area contributed by atoms with Crippen molar-refractivity contribution in [3.05, 3.63) is 277 Å². The van der Waals surface area contributed by atoms with Gasteiger partial charge in [0.05, 0.1) is 41.2 Å². The van der Waals surface area contributed by atoms with E-state index in [0.717, 1.165) is 87.0 Å². The zero-order valence-electron chi connectivity index (χ0n) is 68.8. The topological polar surface area (TPSA) is 295 Å². The monoisotopic (exact) mass is 1660 g/mol. The van der Waals surface area contributed by atoms with Crippen LogP contribution < -0.4 is 60.2 Å². The number of hydrogen-bond donors (Lipinski definition) is 5. The van der Waals surface area contributed by atoms with Crippen LogP contribution in [0.4, 0.5) is 22.7 Å². The van der Waals surface area contributed by atoms with Gasteiger partial charge < -0.3 is 70.1 Å². The number of esters is 1. The number of hydrogen-bond acceptors (Lipinski definition) is 15. The van der Waals surface area contributed by atoms with E-state index in [1.54, 1.807) is 42.9 Å². The molecule has 5 fully saturated rings. The number of carboxylic acid groups (broad SMARTS) is 1. The first-order valence-electron chi connectivity index (χ1n) is 41.4. The molecule has 0 saturated heterocycles. The molecule has 5 aliphatic carbocycles.